The maximum absolute atomic E-state index is 12.5. The lowest BCUT2D eigenvalue weighted by molar-refractivity contribution is -0.133. The first-order valence-corrected chi connectivity index (χ1v) is 11.1. The molecule has 29 heavy (non-hydrogen) atoms. The van der Waals surface area contributed by atoms with E-state index in [0.717, 1.165) is 25.8 Å². The molecule has 1 saturated carbocycles. The fourth-order valence-electron chi connectivity index (χ4n) is 4.86. The van der Waals surface area contributed by atoms with Gasteiger partial charge in [-0.1, -0.05) is 51.0 Å². The Bertz CT molecular complexity index is 785. The first-order chi connectivity index (χ1) is 14.1. The lowest BCUT2D eigenvalue weighted by Crippen LogP contribution is -2.51. The average Bonchev–Trinajstić information content (AvgIpc) is 3.21. The highest BCUT2D eigenvalue weighted by Crippen LogP contribution is 2.41. The van der Waals surface area contributed by atoms with Crippen molar-refractivity contribution >= 4 is 5.91 Å². The van der Waals surface area contributed by atoms with Crippen molar-refractivity contribution in [3.8, 4) is 0 Å². The minimum absolute atomic E-state index is 0.0532. The topological polar surface area (TPSA) is 56.2 Å². The van der Waals surface area contributed by atoms with E-state index in [1.165, 1.54) is 24.0 Å². The van der Waals surface area contributed by atoms with E-state index in [1.54, 1.807) is 6.20 Å². The summed E-state index contributed by atoms with van der Waals surface area (Å²) < 4.78 is 8.48. The van der Waals surface area contributed by atoms with Gasteiger partial charge < -0.3 is 10.1 Å². The Morgan fingerprint density at radius 3 is 2.76 bits per heavy atom. The van der Waals surface area contributed by atoms with Gasteiger partial charge in [0.05, 0.1) is 18.8 Å². The van der Waals surface area contributed by atoms with Crippen LogP contribution in [0.3, 0.4) is 0 Å². The molecule has 0 bridgehead atoms. The average molecular weight is 396 g/mol. The quantitative estimate of drug-likeness (QED) is 0.784. The van der Waals surface area contributed by atoms with Crippen LogP contribution in [0, 0.1) is 11.8 Å². The number of carbonyl (C=O) groups is 1. The van der Waals surface area contributed by atoms with E-state index in [0.29, 0.717) is 18.3 Å². The summed E-state index contributed by atoms with van der Waals surface area (Å²) in [7, 11) is 0. The predicted molar refractivity (Wildman–Crippen MR) is 113 cm³/mol. The molecule has 1 aliphatic carbocycles. The fraction of sp³-hybridized carbons (Fsp3) is 0.583. The van der Waals surface area contributed by atoms with Crippen molar-refractivity contribution in [3.05, 3.63) is 53.9 Å². The lowest BCUT2D eigenvalue weighted by Gasteiger charge is -2.45. The van der Waals surface area contributed by atoms with Crippen molar-refractivity contribution in [1.82, 2.24) is 15.1 Å². The molecule has 0 spiro atoms. The molecule has 1 saturated heterocycles. The van der Waals surface area contributed by atoms with Crippen LogP contribution in [0.15, 0.2) is 42.7 Å². The largest absolute Gasteiger partial charge is 0.370 e. The molecule has 2 aliphatic rings. The number of hydrogen-bond acceptors (Lipinski definition) is 3. The third-order valence-electron chi connectivity index (χ3n) is 6.27. The molecule has 2 heterocycles. The van der Waals surface area contributed by atoms with Gasteiger partial charge in [0, 0.05) is 30.8 Å². The van der Waals surface area contributed by atoms with Crippen LogP contribution in [0.25, 0.3) is 0 Å². The normalized spacial score (nSPS) is 26.9. The van der Waals surface area contributed by atoms with Gasteiger partial charge in [-0.25, -0.2) is 0 Å². The van der Waals surface area contributed by atoms with Gasteiger partial charge in [0.25, 0.3) is 0 Å². The molecule has 1 N–H and O–H groups in total. The second-order valence-electron chi connectivity index (χ2n) is 9.06. The summed E-state index contributed by atoms with van der Waals surface area (Å²) in [6.45, 7) is 4.97. The van der Waals surface area contributed by atoms with Gasteiger partial charge in [0.2, 0.25) is 5.91 Å². The Morgan fingerprint density at radius 1 is 1.24 bits per heavy atom. The third kappa shape index (κ3) is 5.08. The van der Waals surface area contributed by atoms with Crippen LogP contribution >= 0.6 is 0 Å². The summed E-state index contributed by atoms with van der Waals surface area (Å²) in [5, 5.41) is 7.64. The number of rotatable bonds is 6. The van der Waals surface area contributed by atoms with Crippen LogP contribution < -0.4 is 5.32 Å². The van der Waals surface area contributed by atoms with E-state index in [4.69, 9.17) is 4.74 Å². The van der Waals surface area contributed by atoms with Gasteiger partial charge >= 0.3 is 0 Å². The second-order valence-corrected chi connectivity index (χ2v) is 9.06. The Labute approximate surface area is 173 Å². The van der Waals surface area contributed by atoms with E-state index >= 15 is 0 Å². The van der Waals surface area contributed by atoms with Gasteiger partial charge in [-0.15, -0.1) is 0 Å². The maximum atomic E-state index is 12.5. The number of nitrogens with one attached hydrogen (secondary N) is 1. The van der Waals surface area contributed by atoms with E-state index < -0.39 is 0 Å². The van der Waals surface area contributed by atoms with Crippen molar-refractivity contribution in [2.45, 2.75) is 77.2 Å². The molecular weight excluding hydrogens is 362 g/mol. The zero-order valence-corrected chi connectivity index (χ0v) is 17.6. The molecule has 156 valence electrons. The summed E-state index contributed by atoms with van der Waals surface area (Å²) in [4.78, 5) is 12.5. The molecule has 1 aliphatic heterocycles. The molecular formula is C24H33N3O2. The van der Waals surface area contributed by atoms with Crippen molar-refractivity contribution in [3.63, 3.8) is 0 Å². The third-order valence-corrected chi connectivity index (χ3v) is 6.27. The summed E-state index contributed by atoms with van der Waals surface area (Å²) >= 11 is 0. The number of ether oxygens (including phenoxy) is 1. The summed E-state index contributed by atoms with van der Waals surface area (Å²) in [5.41, 5.74) is 2.44. The monoisotopic (exact) mass is 395 g/mol. The van der Waals surface area contributed by atoms with E-state index in [-0.39, 0.29) is 24.2 Å². The second kappa shape index (κ2) is 9.12. The molecule has 2 fully saturated rings. The van der Waals surface area contributed by atoms with Crippen molar-refractivity contribution < 1.29 is 9.53 Å². The van der Waals surface area contributed by atoms with Crippen LogP contribution in [0.4, 0.5) is 0 Å². The Morgan fingerprint density at radius 2 is 2.03 bits per heavy atom. The van der Waals surface area contributed by atoms with E-state index in [9.17, 15) is 4.79 Å². The SMILES string of the molecule is CC(C)CC(=O)N[C@@H]1C[C@H](c2ccc(Cn3cccn3)cc2)O[C@@H]2CCCC[C@@H]12. The molecule has 4 rings (SSSR count). The fourth-order valence-corrected chi connectivity index (χ4v) is 4.86. The number of amides is 1. The number of aromatic nitrogens is 2. The van der Waals surface area contributed by atoms with Crippen LogP contribution in [0.2, 0.25) is 0 Å². The molecule has 4 atom stereocenters. The van der Waals surface area contributed by atoms with Crippen LogP contribution in [-0.2, 0) is 16.1 Å². The van der Waals surface area contributed by atoms with Crippen molar-refractivity contribution in [2.75, 3.05) is 0 Å². The Balaban J connectivity index is 1.45. The lowest BCUT2D eigenvalue weighted by atomic mass is 9.76. The smallest absolute Gasteiger partial charge is 0.220 e. The molecule has 5 heteroatoms. The predicted octanol–water partition coefficient (Wildman–Crippen LogP) is 4.48. The molecule has 1 amide bonds. The molecule has 0 radical (unpaired) electrons. The van der Waals surface area contributed by atoms with Gasteiger partial charge in [-0.2, -0.15) is 5.10 Å². The van der Waals surface area contributed by atoms with Gasteiger partial charge in [-0.3, -0.25) is 9.48 Å². The Hall–Kier alpha value is -2.14. The highest BCUT2D eigenvalue weighted by atomic mass is 16.5. The molecule has 5 nitrogen and oxygen atoms in total. The molecule has 1 aromatic heterocycles. The highest BCUT2D eigenvalue weighted by molar-refractivity contribution is 5.76. The molecule has 2 aromatic rings. The summed E-state index contributed by atoms with van der Waals surface area (Å²) in [6.07, 6.45) is 10.3. The maximum Gasteiger partial charge on any atom is 0.220 e. The van der Waals surface area contributed by atoms with Crippen molar-refractivity contribution in [1.29, 1.82) is 0 Å². The number of hydrogen-bond donors (Lipinski definition) is 1. The van der Waals surface area contributed by atoms with Crippen molar-refractivity contribution in [2.24, 2.45) is 11.8 Å². The summed E-state index contributed by atoms with van der Waals surface area (Å²) in [5.74, 6) is 1.02. The molecule has 1 aromatic carbocycles. The van der Waals surface area contributed by atoms with Gasteiger partial charge in [0.15, 0.2) is 0 Å². The number of fused-ring (bicyclic) bond motifs is 1. The highest BCUT2D eigenvalue weighted by Gasteiger charge is 2.40. The van der Waals surface area contributed by atoms with Gasteiger partial charge in [-0.05, 0) is 42.4 Å². The molecule has 0 unspecified atom stereocenters. The minimum Gasteiger partial charge on any atom is -0.370 e. The van der Waals surface area contributed by atoms with Crippen LogP contribution in [0.1, 0.15) is 69.6 Å². The first kappa shape index (κ1) is 20.1. The van der Waals surface area contributed by atoms with E-state index in [2.05, 4.69) is 48.5 Å². The summed E-state index contributed by atoms with van der Waals surface area (Å²) in [6, 6.07) is 10.9. The number of carbonyl (C=O) groups excluding carboxylic acids is 1. The number of benzene rings is 1. The minimum atomic E-state index is 0.0532. The number of nitrogens with zero attached hydrogens (tertiary/aromatic N) is 2. The van der Waals surface area contributed by atoms with Crippen LogP contribution in [0.5, 0.6) is 0 Å². The van der Waals surface area contributed by atoms with Crippen LogP contribution in [-0.4, -0.2) is 27.8 Å². The zero-order chi connectivity index (χ0) is 20.2. The zero-order valence-electron chi connectivity index (χ0n) is 17.6. The Kier molecular flexibility index (Phi) is 6.34. The van der Waals surface area contributed by atoms with E-state index in [1.807, 2.05) is 16.9 Å². The first-order valence-electron chi connectivity index (χ1n) is 11.1. The standard InChI is InChI=1S/C24H33N3O2/c1-17(2)14-24(28)26-21-15-23(29-22-7-4-3-6-20(21)22)19-10-8-18(9-11-19)16-27-13-5-12-25-27/h5,8-13,17,20-23H,3-4,6-7,14-16H2,1-2H3,(H,26,28)/t20-,21+,22+,23+/m0/s1. The van der Waals surface area contributed by atoms with Gasteiger partial charge in [0.1, 0.15) is 0 Å².